The van der Waals surface area contributed by atoms with E-state index < -0.39 is 0 Å². The molecule has 27 heavy (non-hydrogen) atoms. The van der Waals surface area contributed by atoms with Gasteiger partial charge in [0.2, 0.25) is 5.91 Å². The van der Waals surface area contributed by atoms with E-state index in [0.29, 0.717) is 0 Å². The number of ether oxygens (including phenoxy) is 1. The second-order valence-electron chi connectivity index (χ2n) is 7.34. The minimum atomic E-state index is 0.112. The zero-order valence-electron chi connectivity index (χ0n) is 15.7. The number of methoxy groups -OCH3 is 1. The van der Waals surface area contributed by atoms with Gasteiger partial charge in [0.15, 0.2) is 0 Å². The number of fused-ring (bicyclic) bond motifs is 1. The molecule has 2 aliphatic rings. The van der Waals surface area contributed by atoms with E-state index in [2.05, 4.69) is 17.0 Å². The van der Waals surface area contributed by atoms with Gasteiger partial charge in [-0.1, -0.05) is 35.9 Å². The van der Waals surface area contributed by atoms with Crippen molar-refractivity contribution in [3.8, 4) is 5.75 Å². The zero-order chi connectivity index (χ0) is 18.8. The average molecular weight is 385 g/mol. The van der Waals surface area contributed by atoms with Gasteiger partial charge < -0.3 is 9.64 Å². The van der Waals surface area contributed by atoms with Crippen molar-refractivity contribution in [3.63, 3.8) is 0 Å². The highest BCUT2D eigenvalue weighted by Crippen LogP contribution is 2.32. The van der Waals surface area contributed by atoms with Crippen molar-refractivity contribution in [2.45, 2.75) is 25.8 Å². The second-order valence-corrected chi connectivity index (χ2v) is 7.75. The summed E-state index contributed by atoms with van der Waals surface area (Å²) in [6, 6.07) is 14.0. The van der Waals surface area contributed by atoms with Crippen LogP contribution in [0.15, 0.2) is 42.5 Å². The smallest absolute Gasteiger partial charge is 0.230 e. The van der Waals surface area contributed by atoms with Crippen LogP contribution in [0, 0.1) is 5.92 Å². The van der Waals surface area contributed by atoms with Crippen LogP contribution in [0.3, 0.4) is 0 Å². The summed E-state index contributed by atoms with van der Waals surface area (Å²) in [5.41, 5.74) is 3.42. The van der Waals surface area contributed by atoms with Gasteiger partial charge in [0.1, 0.15) is 5.75 Å². The van der Waals surface area contributed by atoms with Gasteiger partial charge in [0.25, 0.3) is 0 Å². The third-order valence-electron chi connectivity index (χ3n) is 5.77. The third kappa shape index (κ3) is 3.69. The SMILES string of the molecule is COc1cccc(Cl)c1CN1CCC(C(=O)N2CCc3ccccc32)CC1. The van der Waals surface area contributed by atoms with Gasteiger partial charge in [-0.05, 0) is 56.1 Å². The molecule has 2 aromatic rings. The highest BCUT2D eigenvalue weighted by molar-refractivity contribution is 6.31. The van der Waals surface area contributed by atoms with Crippen LogP contribution in [0.25, 0.3) is 0 Å². The van der Waals surface area contributed by atoms with E-state index in [1.54, 1.807) is 7.11 Å². The lowest BCUT2D eigenvalue weighted by atomic mass is 9.94. The third-order valence-corrected chi connectivity index (χ3v) is 6.12. The lowest BCUT2D eigenvalue weighted by Crippen LogP contribution is -2.42. The summed E-state index contributed by atoms with van der Waals surface area (Å²) in [4.78, 5) is 17.4. The molecule has 2 aromatic carbocycles. The number of halogens is 1. The van der Waals surface area contributed by atoms with Crippen LogP contribution in [-0.2, 0) is 17.8 Å². The van der Waals surface area contributed by atoms with E-state index in [0.717, 1.165) is 67.5 Å². The number of benzene rings is 2. The Morgan fingerprint density at radius 1 is 1.11 bits per heavy atom. The van der Waals surface area contributed by atoms with Crippen LogP contribution in [0.5, 0.6) is 5.75 Å². The second kappa shape index (κ2) is 7.91. The van der Waals surface area contributed by atoms with Crippen molar-refractivity contribution in [1.29, 1.82) is 0 Å². The number of carbonyl (C=O) groups is 1. The number of hydrogen-bond acceptors (Lipinski definition) is 3. The molecule has 0 atom stereocenters. The minimum Gasteiger partial charge on any atom is -0.496 e. The molecule has 4 rings (SSSR count). The molecular weight excluding hydrogens is 360 g/mol. The normalized spacial score (nSPS) is 17.8. The summed E-state index contributed by atoms with van der Waals surface area (Å²) in [5, 5.41) is 0.737. The average Bonchev–Trinajstić information content (AvgIpc) is 3.13. The van der Waals surface area contributed by atoms with Crippen molar-refractivity contribution in [3.05, 3.63) is 58.6 Å². The summed E-state index contributed by atoms with van der Waals surface area (Å²) in [7, 11) is 1.67. The Bertz CT molecular complexity index is 831. The molecule has 0 spiro atoms. The monoisotopic (exact) mass is 384 g/mol. The van der Waals surface area contributed by atoms with Crippen LogP contribution < -0.4 is 9.64 Å². The van der Waals surface area contributed by atoms with E-state index in [-0.39, 0.29) is 11.8 Å². The van der Waals surface area contributed by atoms with Crippen LogP contribution >= 0.6 is 11.6 Å². The maximum Gasteiger partial charge on any atom is 0.230 e. The molecule has 2 heterocycles. The first-order chi connectivity index (χ1) is 13.2. The Labute approximate surface area is 165 Å². The summed E-state index contributed by atoms with van der Waals surface area (Å²) < 4.78 is 5.46. The predicted molar refractivity (Wildman–Crippen MR) is 109 cm³/mol. The molecule has 1 fully saturated rings. The highest BCUT2D eigenvalue weighted by atomic mass is 35.5. The fourth-order valence-corrected chi connectivity index (χ4v) is 4.46. The van der Waals surface area contributed by atoms with Crippen LogP contribution in [0.4, 0.5) is 5.69 Å². The Morgan fingerprint density at radius 2 is 1.89 bits per heavy atom. The van der Waals surface area contributed by atoms with Crippen molar-refractivity contribution in [2.75, 3.05) is 31.6 Å². The number of piperidine rings is 1. The summed E-state index contributed by atoms with van der Waals surface area (Å²) in [6.45, 7) is 3.38. The number of carbonyl (C=O) groups excluding carboxylic acids is 1. The molecule has 0 aliphatic carbocycles. The molecule has 1 saturated heterocycles. The molecule has 2 aliphatic heterocycles. The van der Waals surface area contributed by atoms with Gasteiger partial charge in [0.05, 0.1) is 7.11 Å². The highest BCUT2D eigenvalue weighted by Gasteiger charge is 2.32. The largest absolute Gasteiger partial charge is 0.496 e. The Hall–Kier alpha value is -2.04. The Morgan fingerprint density at radius 3 is 2.67 bits per heavy atom. The maximum absolute atomic E-state index is 13.0. The lowest BCUT2D eigenvalue weighted by Gasteiger charge is -2.33. The molecule has 0 aromatic heterocycles. The summed E-state index contributed by atoms with van der Waals surface area (Å²) >= 11 is 6.37. The van der Waals surface area contributed by atoms with E-state index in [1.807, 2.05) is 35.2 Å². The molecule has 5 heteroatoms. The number of likely N-dealkylation sites (tertiary alicyclic amines) is 1. The molecule has 0 bridgehead atoms. The first-order valence-electron chi connectivity index (χ1n) is 9.60. The van der Waals surface area contributed by atoms with E-state index in [4.69, 9.17) is 16.3 Å². The zero-order valence-corrected chi connectivity index (χ0v) is 16.4. The van der Waals surface area contributed by atoms with E-state index in [9.17, 15) is 4.79 Å². The molecule has 0 unspecified atom stereocenters. The molecule has 142 valence electrons. The summed E-state index contributed by atoms with van der Waals surface area (Å²) in [5.74, 6) is 1.23. The van der Waals surface area contributed by atoms with Crippen molar-refractivity contribution in [1.82, 2.24) is 4.90 Å². The van der Waals surface area contributed by atoms with Gasteiger partial charge in [-0.25, -0.2) is 0 Å². The first kappa shape index (κ1) is 18.3. The van der Waals surface area contributed by atoms with E-state index >= 15 is 0 Å². The predicted octanol–water partition coefficient (Wildman–Crippen LogP) is 4.15. The standard InChI is InChI=1S/C22H25ClN2O2/c1-27-21-8-4-6-19(23)18(21)15-24-12-9-17(10-13-24)22(26)25-14-11-16-5-2-3-7-20(16)25/h2-8,17H,9-15H2,1H3. The van der Waals surface area contributed by atoms with Crippen LogP contribution in [-0.4, -0.2) is 37.6 Å². The number of rotatable bonds is 4. The molecule has 1 amide bonds. The molecule has 0 saturated carbocycles. The van der Waals surface area contributed by atoms with Gasteiger partial charge in [-0.2, -0.15) is 0 Å². The van der Waals surface area contributed by atoms with Crippen LogP contribution in [0.2, 0.25) is 5.02 Å². The number of para-hydroxylation sites is 1. The number of amides is 1. The number of nitrogens with zero attached hydrogens (tertiary/aromatic N) is 2. The Balaban J connectivity index is 1.38. The number of anilines is 1. The minimum absolute atomic E-state index is 0.112. The Kier molecular flexibility index (Phi) is 5.37. The topological polar surface area (TPSA) is 32.8 Å². The molecule has 4 nitrogen and oxygen atoms in total. The molecule has 0 N–H and O–H groups in total. The van der Waals surface area contributed by atoms with E-state index in [1.165, 1.54) is 5.56 Å². The maximum atomic E-state index is 13.0. The van der Waals surface area contributed by atoms with Crippen molar-refractivity contribution < 1.29 is 9.53 Å². The van der Waals surface area contributed by atoms with Crippen molar-refractivity contribution >= 4 is 23.2 Å². The molecule has 0 radical (unpaired) electrons. The fraction of sp³-hybridized carbons (Fsp3) is 0.409. The molecular formula is C22H25ClN2O2. The lowest BCUT2D eigenvalue weighted by molar-refractivity contribution is -0.123. The van der Waals surface area contributed by atoms with Crippen LogP contribution in [0.1, 0.15) is 24.0 Å². The van der Waals surface area contributed by atoms with Gasteiger partial charge >= 0.3 is 0 Å². The van der Waals surface area contributed by atoms with Gasteiger partial charge in [-0.3, -0.25) is 9.69 Å². The fourth-order valence-electron chi connectivity index (χ4n) is 4.23. The van der Waals surface area contributed by atoms with Gasteiger partial charge in [0, 0.05) is 35.3 Å². The van der Waals surface area contributed by atoms with Crippen molar-refractivity contribution in [2.24, 2.45) is 5.92 Å². The summed E-state index contributed by atoms with van der Waals surface area (Å²) in [6.07, 6.45) is 2.75. The number of hydrogen-bond donors (Lipinski definition) is 0. The first-order valence-corrected chi connectivity index (χ1v) is 9.98. The van der Waals surface area contributed by atoms with Gasteiger partial charge in [-0.15, -0.1) is 0 Å². The quantitative estimate of drug-likeness (QED) is 0.793.